The lowest BCUT2D eigenvalue weighted by molar-refractivity contribution is 0.279. The van der Waals surface area contributed by atoms with Gasteiger partial charge in [0.2, 0.25) is 0 Å². The summed E-state index contributed by atoms with van der Waals surface area (Å²) >= 11 is 1.66. The number of aliphatic hydroxyl groups excluding tert-OH is 1. The Morgan fingerprint density at radius 1 is 1.33 bits per heavy atom. The van der Waals surface area contributed by atoms with E-state index < -0.39 is 0 Å². The summed E-state index contributed by atoms with van der Waals surface area (Å²) in [5.74, 6) is 0.387. The largest absolute Gasteiger partial charge is 0.391 e. The number of hydrogen-bond donors (Lipinski definition) is 1. The summed E-state index contributed by atoms with van der Waals surface area (Å²) in [4.78, 5) is 8.14. The molecule has 1 aliphatic rings. The van der Waals surface area contributed by atoms with Gasteiger partial charge in [0.25, 0.3) is 0 Å². The minimum atomic E-state index is 0.116. The number of anilines is 1. The highest BCUT2D eigenvalue weighted by atomic mass is 32.1. The van der Waals surface area contributed by atoms with Gasteiger partial charge in [-0.15, -0.1) is 0 Å². The van der Waals surface area contributed by atoms with Crippen LogP contribution in [0.25, 0.3) is 0 Å². The van der Waals surface area contributed by atoms with E-state index in [1.165, 1.54) is 12.8 Å². The quantitative estimate of drug-likeness (QED) is 0.913. The zero-order valence-corrected chi connectivity index (χ0v) is 12.7. The van der Waals surface area contributed by atoms with E-state index in [9.17, 15) is 5.11 Å². The molecule has 102 valence electrons. The summed E-state index contributed by atoms with van der Waals surface area (Å²) in [6.07, 6.45) is 2.44. The first-order valence-corrected chi connectivity index (χ1v) is 7.60. The van der Waals surface area contributed by atoms with Crippen molar-refractivity contribution in [3.63, 3.8) is 0 Å². The van der Waals surface area contributed by atoms with Gasteiger partial charge in [-0.25, -0.2) is 4.98 Å². The van der Waals surface area contributed by atoms with Crippen LogP contribution in [-0.4, -0.2) is 23.2 Å². The molecule has 1 aromatic rings. The second-order valence-corrected chi connectivity index (χ2v) is 7.33. The van der Waals surface area contributed by atoms with Gasteiger partial charge in [0.1, 0.15) is 0 Å². The van der Waals surface area contributed by atoms with Crippen LogP contribution in [0.3, 0.4) is 0 Å². The van der Waals surface area contributed by atoms with Crippen molar-refractivity contribution < 1.29 is 5.11 Å². The predicted molar refractivity (Wildman–Crippen MR) is 77.4 cm³/mol. The summed E-state index contributed by atoms with van der Waals surface area (Å²) in [5.41, 5.74) is 1.54. The molecule has 1 aromatic heterocycles. The highest BCUT2D eigenvalue weighted by Crippen LogP contribution is 2.36. The van der Waals surface area contributed by atoms with Crippen LogP contribution in [0.4, 0.5) is 5.13 Å². The number of aromatic nitrogens is 1. The van der Waals surface area contributed by atoms with Crippen LogP contribution < -0.4 is 4.90 Å². The van der Waals surface area contributed by atoms with Crippen molar-refractivity contribution in [2.75, 3.05) is 18.0 Å². The molecular formula is C14H24N2OS. The molecule has 0 atom stereocenters. The fourth-order valence-electron chi connectivity index (χ4n) is 2.35. The number of thiazole rings is 1. The molecule has 4 heteroatoms. The number of hydrogen-bond acceptors (Lipinski definition) is 4. The van der Waals surface area contributed by atoms with E-state index in [1.54, 1.807) is 11.3 Å². The molecule has 18 heavy (non-hydrogen) atoms. The molecule has 0 amide bonds. The molecule has 0 unspecified atom stereocenters. The minimum absolute atomic E-state index is 0.116. The molecule has 0 aliphatic carbocycles. The first-order valence-electron chi connectivity index (χ1n) is 6.78. The SMILES string of the molecule is CC(C)c1nc(N2CCC(C)(C)CC2)sc1CO. The van der Waals surface area contributed by atoms with Crippen molar-refractivity contribution in [2.45, 2.75) is 53.1 Å². The van der Waals surface area contributed by atoms with Gasteiger partial charge in [-0.1, -0.05) is 39.0 Å². The van der Waals surface area contributed by atoms with E-state index in [0.29, 0.717) is 11.3 Å². The van der Waals surface area contributed by atoms with Crippen molar-refractivity contribution in [1.82, 2.24) is 4.98 Å². The summed E-state index contributed by atoms with van der Waals surface area (Å²) in [5, 5.41) is 10.5. The Hall–Kier alpha value is -0.610. The second kappa shape index (κ2) is 5.17. The molecule has 1 N–H and O–H groups in total. The van der Waals surface area contributed by atoms with Gasteiger partial charge in [0, 0.05) is 13.1 Å². The summed E-state index contributed by atoms with van der Waals surface area (Å²) in [6.45, 7) is 11.2. The predicted octanol–water partition coefficient (Wildman–Crippen LogP) is 3.39. The van der Waals surface area contributed by atoms with E-state index >= 15 is 0 Å². The van der Waals surface area contributed by atoms with E-state index in [4.69, 9.17) is 4.98 Å². The van der Waals surface area contributed by atoms with E-state index in [1.807, 2.05) is 0 Å². The summed E-state index contributed by atoms with van der Waals surface area (Å²) in [7, 11) is 0. The number of rotatable bonds is 3. The second-order valence-electron chi connectivity index (χ2n) is 6.27. The van der Waals surface area contributed by atoms with E-state index in [-0.39, 0.29) is 6.61 Å². The van der Waals surface area contributed by atoms with Crippen LogP contribution in [0.15, 0.2) is 0 Å². The third-order valence-electron chi connectivity index (χ3n) is 3.79. The van der Waals surface area contributed by atoms with E-state index in [0.717, 1.165) is 28.8 Å². The molecule has 0 spiro atoms. The fraction of sp³-hybridized carbons (Fsp3) is 0.786. The molecule has 1 fully saturated rings. The zero-order valence-electron chi connectivity index (χ0n) is 11.9. The summed E-state index contributed by atoms with van der Waals surface area (Å²) < 4.78 is 0. The third-order valence-corrected chi connectivity index (χ3v) is 4.91. The maximum atomic E-state index is 9.41. The first kappa shape index (κ1) is 13.8. The van der Waals surface area contributed by atoms with Gasteiger partial charge in [-0.05, 0) is 24.2 Å². The monoisotopic (exact) mass is 268 g/mol. The van der Waals surface area contributed by atoms with Crippen LogP contribution in [0, 0.1) is 5.41 Å². The first-order chi connectivity index (χ1) is 8.43. The normalized spacial score (nSPS) is 19.6. The van der Waals surface area contributed by atoms with Crippen LogP contribution in [0.1, 0.15) is 57.0 Å². The minimum Gasteiger partial charge on any atom is -0.391 e. The van der Waals surface area contributed by atoms with Gasteiger partial charge < -0.3 is 10.0 Å². The lowest BCUT2D eigenvalue weighted by Crippen LogP contribution is -2.37. The molecular weight excluding hydrogens is 244 g/mol. The lowest BCUT2D eigenvalue weighted by Gasteiger charge is -2.36. The molecule has 0 aromatic carbocycles. The van der Waals surface area contributed by atoms with Crippen molar-refractivity contribution in [2.24, 2.45) is 5.41 Å². The number of piperidine rings is 1. The maximum Gasteiger partial charge on any atom is 0.185 e. The number of aliphatic hydroxyl groups is 1. The average Bonchev–Trinajstić information content (AvgIpc) is 2.73. The Balaban J connectivity index is 2.15. The highest BCUT2D eigenvalue weighted by Gasteiger charge is 2.27. The highest BCUT2D eigenvalue weighted by molar-refractivity contribution is 7.15. The average molecular weight is 268 g/mol. The smallest absolute Gasteiger partial charge is 0.185 e. The van der Waals surface area contributed by atoms with Crippen LogP contribution in [0.2, 0.25) is 0 Å². The van der Waals surface area contributed by atoms with Crippen molar-refractivity contribution in [1.29, 1.82) is 0 Å². The van der Waals surface area contributed by atoms with E-state index in [2.05, 4.69) is 32.6 Å². The topological polar surface area (TPSA) is 36.4 Å². The fourth-order valence-corrected chi connectivity index (χ4v) is 3.48. The van der Waals surface area contributed by atoms with Crippen LogP contribution in [-0.2, 0) is 6.61 Å². The third kappa shape index (κ3) is 2.86. The van der Waals surface area contributed by atoms with Gasteiger partial charge in [0.15, 0.2) is 5.13 Å². The van der Waals surface area contributed by atoms with Gasteiger partial charge >= 0.3 is 0 Å². The molecule has 0 saturated carbocycles. The van der Waals surface area contributed by atoms with Gasteiger partial charge in [0.05, 0.1) is 17.2 Å². The van der Waals surface area contributed by atoms with Crippen molar-refractivity contribution >= 4 is 16.5 Å². The molecule has 0 radical (unpaired) electrons. The zero-order chi connectivity index (χ0) is 13.3. The molecule has 1 saturated heterocycles. The molecule has 1 aliphatic heterocycles. The van der Waals surface area contributed by atoms with Crippen LogP contribution >= 0.6 is 11.3 Å². The molecule has 0 bridgehead atoms. The molecule has 3 nitrogen and oxygen atoms in total. The standard InChI is InChI=1S/C14H24N2OS/c1-10(2)12-11(9-17)18-13(15-12)16-7-5-14(3,4)6-8-16/h10,17H,5-9H2,1-4H3. The Bertz CT molecular complexity index is 402. The number of nitrogens with zero attached hydrogens (tertiary/aromatic N) is 2. The summed E-state index contributed by atoms with van der Waals surface area (Å²) in [6, 6.07) is 0. The Kier molecular flexibility index (Phi) is 3.97. The van der Waals surface area contributed by atoms with Crippen molar-refractivity contribution in [3.8, 4) is 0 Å². The van der Waals surface area contributed by atoms with Gasteiger partial charge in [-0.2, -0.15) is 0 Å². The lowest BCUT2D eigenvalue weighted by atomic mass is 9.83. The van der Waals surface area contributed by atoms with Crippen LogP contribution in [0.5, 0.6) is 0 Å². The Morgan fingerprint density at radius 3 is 2.39 bits per heavy atom. The maximum absolute atomic E-state index is 9.41. The Labute approximate surface area is 114 Å². The molecule has 2 rings (SSSR count). The molecule has 2 heterocycles. The van der Waals surface area contributed by atoms with Gasteiger partial charge in [-0.3, -0.25) is 0 Å². The van der Waals surface area contributed by atoms with Crippen molar-refractivity contribution in [3.05, 3.63) is 10.6 Å². The Morgan fingerprint density at radius 2 is 1.94 bits per heavy atom.